The normalized spacial score (nSPS) is 15.6. The molecule has 0 heterocycles. The molecule has 0 bridgehead atoms. The summed E-state index contributed by atoms with van der Waals surface area (Å²) in [4.78, 5) is 11.7. The van der Waals surface area contributed by atoms with E-state index >= 15 is 0 Å². The van der Waals surface area contributed by atoms with Gasteiger partial charge in [-0.3, -0.25) is 4.90 Å². The minimum absolute atomic E-state index is 0.164. The molecule has 0 spiro atoms. The summed E-state index contributed by atoms with van der Waals surface area (Å²) in [5.74, 6) is 0. The van der Waals surface area contributed by atoms with Crippen molar-refractivity contribution in [3.63, 3.8) is 0 Å². The molecule has 0 saturated heterocycles. The summed E-state index contributed by atoms with van der Waals surface area (Å²) in [5, 5.41) is 17.9. The summed E-state index contributed by atoms with van der Waals surface area (Å²) in [7, 11) is 0. The van der Waals surface area contributed by atoms with Gasteiger partial charge in [0.1, 0.15) is 0 Å². The number of halogens is 3. The van der Waals surface area contributed by atoms with E-state index in [0.29, 0.717) is 6.42 Å². The van der Waals surface area contributed by atoms with Gasteiger partial charge in [0.05, 0.1) is 5.38 Å². The molecule has 0 aliphatic carbocycles. The number of aliphatic hydroxyl groups is 1. The summed E-state index contributed by atoms with van der Waals surface area (Å²) in [6.45, 7) is 3.56. The van der Waals surface area contributed by atoms with Gasteiger partial charge in [0.15, 0.2) is 10.6 Å². The van der Waals surface area contributed by atoms with E-state index in [0.717, 1.165) is 11.3 Å². The third-order valence-corrected chi connectivity index (χ3v) is 3.78. The van der Waals surface area contributed by atoms with Crippen LogP contribution < -0.4 is 0 Å². The molecule has 0 aliphatic rings. The number of unbranched alkanes of at least 4 members (excludes halogenated alkanes) is 1. The number of amides is 1. The molecule has 0 saturated carbocycles. The number of alkyl halides is 3. The monoisotopic (exact) mass is 291 g/mol. The van der Waals surface area contributed by atoms with Crippen molar-refractivity contribution in [2.75, 3.05) is 6.54 Å². The number of hydrogen-bond donors (Lipinski definition) is 2. The van der Waals surface area contributed by atoms with Gasteiger partial charge in [-0.05, 0) is 13.3 Å². The van der Waals surface area contributed by atoms with Gasteiger partial charge in [-0.2, -0.15) is 0 Å². The number of nitrogens with zero attached hydrogens (tertiary/aromatic N) is 1. The van der Waals surface area contributed by atoms with Crippen molar-refractivity contribution < 1.29 is 15.0 Å². The van der Waals surface area contributed by atoms with Crippen LogP contribution in [0, 0.1) is 0 Å². The number of aliphatic hydroxyl groups excluding tert-OH is 1. The van der Waals surface area contributed by atoms with E-state index < -0.39 is 22.0 Å². The second-order valence-corrected chi connectivity index (χ2v) is 5.59. The maximum absolute atomic E-state index is 10.9. The van der Waals surface area contributed by atoms with E-state index in [1.54, 1.807) is 0 Å². The van der Waals surface area contributed by atoms with Crippen molar-refractivity contribution in [1.29, 1.82) is 0 Å². The average Bonchev–Trinajstić information content (AvgIpc) is 2.17. The van der Waals surface area contributed by atoms with Crippen molar-refractivity contribution in [2.45, 2.75) is 42.6 Å². The van der Waals surface area contributed by atoms with Crippen LogP contribution in [0.4, 0.5) is 4.79 Å². The zero-order valence-corrected chi connectivity index (χ0v) is 11.4. The predicted molar refractivity (Wildman–Crippen MR) is 65.4 cm³/mol. The third-order valence-electron chi connectivity index (χ3n) is 2.17. The highest BCUT2D eigenvalue weighted by Gasteiger charge is 2.43. The number of hydrogen-bond acceptors (Lipinski definition) is 2. The SMILES string of the molecule is CCCCN(C(=O)O)C(O)C(Cl)(Cl)C(C)Cl. The van der Waals surface area contributed by atoms with Crippen molar-refractivity contribution >= 4 is 40.9 Å². The molecule has 4 nitrogen and oxygen atoms in total. The first-order valence-electron chi connectivity index (χ1n) is 4.94. The molecule has 2 unspecified atom stereocenters. The fourth-order valence-electron chi connectivity index (χ4n) is 1.06. The molecule has 7 heteroatoms. The standard InChI is InChI=1S/C9H16Cl3NO3/c1-3-4-5-13(8(15)16)7(14)9(11,12)6(2)10/h6-7,14H,3-5H2,1-2H3,(H,15,16). The Hall–Kier alpha value is 0.1000. The molecule has 0 radical (unpaired) electrons. The molecule has 0 aromatic rings. The largest absolute Gasteiger partial charge is 0.465 e. The quantitative estimate of drug-likeness (QED) is 0.584. The van der Waals surface area contributed by atoms with E-state index in [-0.39, 0.29) is 6.54 Å². The predicted octanol–water partition coefficient (Wildman–Crippen LogP) is 2.89. The van der Waals surface area contributed by atoms with Crippen LogP contribution in [0.3, 0.4) is 0 Å². The van der Waals surface area contributed by atoms with Crippen LogP contribution in [0.25, 0.3) is 0 Å². The van der Waals surface area contributed by atoms with Gasteiger partial charge in [0.25, 0.3) is 0 Å². The minimum atomic E-state index is -1.73. The van der Waals surface area contributed by atoms with Gasteiger partial charge in [-0.15, -0.1) is 11.6 Å². The smallest absolute Gasteiger partial charge is 0.409 e. The van der Waals surface area contributed by atoms with E-state index in [4.69, 9.17) is 39.9 Å². The lowest BCUT2D eigenvalue weighted by molar-refractivity contribution is 0.000698. The first-order valence-corrected chi connectivity index (χ1v) is 6.13. The molecule has 0 aromatic carbocycles. The molecular weight excluding hydrogens is 276 g/mol. The molecule has 0 aliphatic heterocycles. The zero-order valence-electron chi connectivity index (χ0n) is 9.16. The van der Waals surface area contributed by atoms with Crippen LogP contribution in [0.5, 0.6) is 0 Å². The Morgan fingerprint density at radius 3 is 2.31 bits per heavy atom. The Labute approximate surface area is 110 Å². The number of rotatable bonds is 6. The minimum Gasteiger partial charge on any atom is -0.465 e. The van der Waals surface area contributed by atoms with Crippen molar-refractivity contribution in [3.8, 4) is 0 Å². The lowest BCUT2D eigenvalue weighted by Gasteiger charge is -2.35. The fourth-order valence-corrected chi connectivity index (χ4v) is 1.41. The van der Waals surface area contributed by atoms with E-state index in [2.05, 4.69) is 0 Å². The van der Waals surface area contributed by atoms with E-state index in [9.17, 15) is 9.90 Å². The molecule has 0 aromatic heterocycles. The maximum Gasteiger partial charge on any atom is 0.409 e. The van der Waals surface area contributed by atoms with E-state index in [1.165, 1.54) is 6.92 Å². The maximum atomic E-state index is 10.9. The fraction of sp³-hybridized carbons (Fsp3) is 0.889. The van der Waals surface area contributed by atoms with Crippen LogP contribution >= 0.6 is 34.8 Å². The van der Waals surface area contributed by atoms with Gasteiger partial charge in [0, 0.05) is 6.54 Å². The highest BCUT2D eigenvalue weighted by molar-refractivity contribution is 6.52. The van der Waals surface area contributed by atoms with Crippen LogP contribution in [-0.4, -0.2) is 43.7 Å². The highest BCUT2D eigenvalue weighted by Crippen LogP contribution is 2.34. The summed E-state index contributed by atoms with van der Waals surface area (Å²) in [5.41, 5.74) is 0. The molecule has 0 rings (SSSR count). The lowest BCUT2D eigenvalue weighted by Crippen LogP contribution is -2.52. The van der Waals surface area contributed by atoms with Gasteiger partial charge in [0.2, 0.25) is 0 Å². The van der Waals surface area contributed by atoms with Crippen LogP contribution in [0.15, 0.2) is 0 Å². The lowest BCUT2D eigenvalue weighted by atomic mass is 10.2. The Kier molecular flexibility index (Phi) is 6.79. The highest BCUT2D eigenvalue weighted by atomic mass is 35.5. The third kappa shape index (κ3) is 4.17. The molecule has 96 valence electrons. The van der Waals surface area contributed by atoms with Gasteiger partial charge < -0.3 is 10.2 Å². The summed E-state index contributed by atoms with van der Waals surface area (Å²) < 4.78 is -1.73. The number of carbonyl (C=O) groups is 1. The summed E-state index contributed by atoms with van der Waals surface area (Å²) in [6.07, 6.45) is -1.41. The molecule has 16 heavy (non-hydrogen) atoms. The molecule has 2 N–H and O–H groups in total. The number of carboxylic acid groups (broad SMARTS) is 1. The molecule has 2 atom stereocenters. The van der Waals surface area contributed by atoms with Gasteiger partial charge in [-0.25, -0.2) is 4.79 Å². The van der Waals surface area contributed by atoms with Gasteiger partial charge >= 0.3 is 6.09 Å². The molecular formula is C9H16Cl3NO3. The Bertz CT molecular complexity index is 236. The van der Waals surface area contributed by atoms with Crippen molar-refractivity contribution in [3.05, 3.63) is 0 Å². The Morgan fingerprint density at radius 1 is 1.50 bits per heavy atom. The van der Waals surface area contributed by atoms with Crippen molar-refractivity contribution in [1.82, 2.24) is 4.90 Å². The summed E-state index contributed by atoms with van der Waals surface area (Å²) >= 11 is 17.3. The van der Waals surface area contributed by atoms with Crippen LogP contribution in [0.1, 0.15) is 26.7 Å². The first kappa shape index (κ1) is 16.1. The summed E-state index contributed by atoms with van der Waals surface area (Å²) in [6, 6.07) is 0. The molecule has 1 amide bonds. The van der Waals surface area contributed by atoms with Crippen molar-refractivity contribution in [2.24, 2.45) is 0 Å². The second-order valence-electron chi connectivity index (χ2n) is 3.49. The van der Waals surface area contributed by atoms with Gasteiger partial charge in [-0.1, -0.05) is 36.5 Å². The Balaban J connectivity index is 4.72. The van der Waals surface area contributed by atoms with Crippen LogP contribution in [0.2, 0.25) is 0 Å². The second kappa shape index (κ2) is 6.74. The van der Waals surface area contributed by atoms with Crippen LogP contribution in [-0.2, 0) is 0 Å². The topological polar surface area (TPSA) is 60.8 Å². The molecule has 0 fully saturated rings. The average molecular weight is 293 g/mol. The first-order chi connectivity index (χ1) is 7.25. The zero-order chi connectivity index (χ0) is 12.9. The Morgan fingerprint density at radius 2 is 2.00 bits per heavy atom. The van der Waals surface area contributed by atoms with E-state index in [1.807, 2.05) is 6.92 Å².